The number of unbranched alkanes of at least 4 members (excludes halogenated alkanes) is 1. The summed E-state index contributed by atoms with van der Waals surface area (Å²) in [5, 5.41) is 2.69. The Kier molecular flexibility index (Phi) is 8.83. The first kappa shape index (κ1) is 26.2. The van der Waals surface area contributed by atoms with Gasteiger partial charge in [0.1, 0.15) is 0 Å². The van der Waals surface area contributed by atoms with E-state index >= 15 is 0 Å². The number of nitrogens with one attached hydrogen (secondary N) is 2. The van der Waals surface area contributed by atoms with Gasteiger partial charge < -0.3 is 15.0 Å². The largest absolute Gasteiger partial charge is 0.465 e. The molecule has 2 aromatic carbocycles. The lowest BCUT2D eigenvalue weighted by atomic mass is 10.1. The van der Waals surface area contributed by atoms with Gasteiger partial charge in [0, 0.05) is 0 Å². The summed E-state index contributed by atoms with van der Waals surface area (Å²) in [5.41, 5.74) is 0.687. The van der Waals surface area contributed by atoms with Gasteiger partial charge in [-0.05, 0) is 42.7 Å². The Morgan fingerprint density at radius 3 is 2.49 bits per heavy atom. The van der Waals surface area contributed by atoms with E-state index in [1.807, 2.05) is 0 Å². The van der Waals surface area contributed by atoms with Crippen LogP contribution in [-0.2, 0) is 25.8 Å². The van der Waals surface area contributed by atoms with Crippen molar-refractivity contribution in [1.29, 1.82) is 0 Å². The van der Waals surface area contributed by atoms with Crippen molar-refractivity contribution in [2.45, 2.75) is 41.1 Å². The maximum Gasteiger partial charge on any atom is 0.339 e. The van der Waals surface area contributed by atoms with Gasteiger partial charge >= 0.3 is 5.97 Å². The molecule has 2 N–H and O–H groups in total. The van der Waals surface area contributed by atoms with Crippen molar-refractivity contribution >= 4 is 39.2 Å². The molecule has 0 saturated carbocycles. The Morgan fingerprint density at radius 2 is 1.83 bits per heavy atom. The number of methoxy groups -OCH3 is 1. The number of sulfone groups is 1. The number of thioether (sulfide) groups is 1. The minimum Gasteiger partial charge on any atom is -0.465 e. The van der Waals surface area contributed by atoms with Crippen LogP contribution >= 0.6 is 11.8 Å². The average Bonchev–Trinajstić information content (AvgIpc) is 2.86. The molecule has 0 saturated heterocycles. The lowest BCUT2D eigenvalue weighted by molar-refractivity contribution is -0.113. The fraction of sp³-hybridized carbons (Fsp3) is 0.250. The normalized spacial score (nSPS) is 11.1. The molecule has 3 rings (SSSR count). The number of esters is 1. The maximum atomic E-state index is 12.9. The van der Waals surface area contributed by atoms with Gasteiger partial charge in [-0.25, -0.2) is 18.2 Å². The molecule has 0 spiro atoms. The molecule has 11 heteroatoms. The fourth-order valence-electron chi connectivity index (χ4n) is 3.18. The van der Waals surface area contributed by atoms with Crippen LogP contribution in [0.15, 0.2) is 74.5 Å². The first-order chi connectivity index (χ1) is 16.8. The van der Waals surface area contributed by atoms with E-state index in [4.69, 9.17) is 4.74 Å². The van der Waals surface area contributed by atoms with Crippen molar-refractivity contribution in [3.05, 3.63) is 76.2 Å². The number of anilines is 1. The number of para-hydroxylation sites is 1. The van der Waals surface area contributed by atoms with Gasteiger partial charge in [-0.1, -0.05) is 49.4 Å². The van der Waals surface area contributed by atoms with Gasteiger partial charge in [0.25, 0.3) is 5.56 Å². The summed E-state index contributed by atoms with van der Waals surface area (Å²) >= 11 is 0.917. The molecule has 1 heterocycles. The molecule has 0 aliphatic heterocycles. The van der Waals surface area contributed by atoms with E-state index in [9.17, 15) is 22.8 Å². The van der Waals surface area contributed by atoms with Crippen molar-refractivity contribution in [1.82, 2.24) is 9.97 Å². The number of carbonyl (C=O) groups excluding carboxylic acids is 2. The van der Waals surface area contributed by atoms with Gasteiger partial charge in [0.2, 0.25) is 15.7 Å². The predicted octanol–water partition coefficient (Wildman–Crippen LogP) is 3.46. The summed E-state index contributed by atoms with van der Waals surface area (Å²) in [6.45, 7) is 2.08. The SMILES string of the molecule is CCCCc1ccc(S(=O)(=O)c2cnc(SCC(=O)Nc3ccccc3C(=O)OC)[nH]c2=O)cc1. The highest BCUT2D eigenvalue weighted by Crippen LogP contribution is 2.21. The van der Waals surface area contributed by atoms with Crippen LogP contribution in [0.2, 0.25) is 0 Å². The quantitative estimate of drug-likeness (QED) is 0.238. The highest BCUT2D eigenvalue weighted by molar-refractivity contribution is 7.99. The number of hydrogen-bond donors (Lipinski definition) is 2. The minimum atomic E-state index is -4.05. The number of amides is 1. The highest BCUT2D eigenvalue weighted by atomic mass is 32.2. The number of carbonyl (C=O) groups is 2. The molecule has 35 heavy (non-hydrogen) atoms. The lowest BCUT2D eigenvalue weighted by Gasteiger charge is -2.09. The predicted molar refractivity (Wildman–Crippen MR) is 132 cm³/mol. The summed E-state index contributed by atoms with van der Waals surface area (Å²) in [6, 6.07) is 12.8. The molecule has 0 unspecified atom stereocenters. The number of aromatic nitrogens is 2. The first-order valence-corrected chi connectivity index (χ1v) is 13.3. The lowest BCUT2D eigenvalue weighted by Crippen LogP contribution is -2.20. The van der Waals surface area contributed by atoms with Crippen molar-refractivity contribution < 1.29 is 22.7 Å². The smallest absolute Gasteiger partial charge is 0.339 e. The number of benzene rings is 2. The number of hydrogen-bond acceptors (Lipinski definition) is 8. The van der Waals surface area contributed by atoms with Crippen LogP contribution in [0.25, 0.3) is 0 Å². The van der Waals surface area contributed by atoms with Crippen molar-refractivity contribution in [3.8, 4) is 0 Å². The zero-order valence-corrected chi connectivity index (χ0v) is 20.9. The molecule has 0 fully saturated rings. The van der Waals surface area contributed by atoms with Gasteiger partial charge in [-0.3, -0.25) is 9.59 Å². The monoisotopic (exact) mass is 515 g/mol. The van der Waals surface area contributed by atoms with Crippen LogP contribution < -0.4 is 10.9 Å². The topological polar surface area (TPSA) is 135 Å². The highest BCUT2D eigenvalue weighted by Gasteiger charge is 2.22. The molecule has 1 amide bonds. The Morgan fingerprint density at radius 1 is 1.11 bits per heavy atom. The maximum absolute atomic E-state index is 12.9. The van der Waals surface area contributed by atoms with Crippen LogP contribution in [0.4, 0.5) is 5.69 Å². The number of H-pyrrole nitrogens is 1. The average molecular weight is 516 g/mol. The van der Waals surface area contributed by atoms with Crippen LogP contribution in [0, 0.1) is 0 Å². The number of ether oxygens (including phenoxy) is 1. The second-order valence-electron chi connectivity index (χ2n) is 7.51. The molecular weight excluding hydrogens is 490 g/mol. The minimum absolute atomic E-state index is 0.00843. The molecule has 0 radical (unpaired) electrons. The van der Waals surface area contributed by atoms with Crippen LogP contribution in [0.3, 0.4) is 0 Å². The van der Waals surface area contributed by atoms with E-state index in [1.54, 1.807) is 30.3 Å². The summed E-state index contributed by atoms with van der Waals surface area (Å²) in [5.74, 6) is -1.18. The Labute approximate surface area is 207 Å². The van der Waals surface area contributed by atoms with E-state index in [1.165, 1.54) is 25.3 Å². The molecule has 0 bridgehead atoms. The van der Waals surface area contributed by atoms with Gasteiger partial charge in [0.15, 0.2) is 10.1 Å². The zero-order valence-electron chi connectivity index (χ0n) is 19.2. The summed E-state index contributed by atoms with van der Waals surface area (Å²) in [4.78, 5) is 42.6. The molecule has 9 nitrogen and oxygen atoms in total. The number of nitrogens with zero attached hydrogens (tertiary/aromatic N) is 1. The number of aryl methyl sites for hydroxylation is 1. The van der Waals surface area contributed by atoms with Gasteiger partial charge in [0.05, 0.1) is 35.2 Å². The Bertz CT molecular complexity index is 1370. The standard InChI is InChI=1S/C24H25N3O6S2/c1-3-4-7-16-10-12-17(13-11-16)35(31,32)20-14-25-24(27-22(20)29)34-15-21(28)26-19-9-6-5-8-18(19)23(30)33-2/h5-6,8-14H,3-4,7,15H2,1-2H3,(H,26,28)(H,25,27,29). The van der Waals surface area contributed by atoms with Crippen LogP contribution in [0.5, 0.6) is 0 Å². The second kappa shape index (κ2) is 11.8. The molecule has 3 aromatic rings. The van der Waals surface area contributed by atoms with Crippen molar-refractivity contribution in [3.63, 3.8) is 0 Å². The zero-order chi connectivity index (χ0) is 25.4. The molecular formula is C24H25N3O6S2. The first-order valence-electron chi connectivity index (χ1n) is 10.8. The number of aromatic amines is 1. The molecule has 1 aromatic heterocycles. The molecule has 0 aliphatic rings. The Balaban J connectivity index is 1.68. The van der Waals surface area contributed by atoms with Crippen molar-refractivity contribution in [2.24, 2.45) is 0 Å². The van der Waals surface area contributed by atoms with E-state index < -0.39 is 32.2 Å². The van der Waals surface area contributed by atoms with Gasteiger partial charge in [-0.2, -0.15) is 0 Å². The third kappa shape index (κ3) is 6.58. The van der Waals surface area contributed by atoms with Crippen LogP contribution in [-0.4, -0.2) is 43.1 Å². The third-order valence-electron chi connectivity index (χ3n) is 5.03. The molecule has 184 valence electrons. The van der Waals surface area contributed by atoms with E-state index in [0.717, 1.165) is 42.8 Å². The molecule has 0 aliphatic carbocycles. The van der Waals surface area contributed by atoms with Crippen molar-refractivity contribution in [2.75, 3.05) is 18.2 Å². The van der Waals surface area contributed by atoms with E-state index in [-0.39, 0.29) is 27.1 Å². The van der Waals surface area contributed by atoms with E-state index in [2.05, 4.69) is 22.2 Å². The molecule has 0 atom stereocenters. The van der Waals surface area contributed by atoms with Crippen LogP contribution in [0.1, 0.15) is 35.7 Å². The van der Waals surface area contributed by atoms with E-state index in [0.29, 0.717) is 0 Å². The number of rotatable bonds is 10. The fourth-order valence-corrected chi connectivity index (χ4v) is 5.04. The second-order valence-corrected chi connectivity index (χ2v) is 10.4. The summed E-state index contributed by atoms with van der Waals surface area (Å²) < 4.78 is 30.5. The summed E-state index contributed by atoms with van der Waals surface area (Å²) in [7, 11) is -2.81. The van der Waals surface area contributed by atoms with Gasteiger partial charge in [-0.15, -0.1) is 0 Å². The third-order valence-corrected chi connectivity index (χ3v) is 7.68. The Hall–Kier alpha value is -3.44. The summed E-state index contributed by atoms with van der Waals surface area (Å²) in [6.07, 6.45) is 3.89.